The van der Waals surface area contributed by atoms with E-state index in [1.54, 1.807) is 73.4 Å². The van der Waals surface area contributed by atoms with Gasteiger partial charge >= 0.3 is 0 Å². The van der Waals surface area contributed by atoms with Crippen LogP contribution in [0.4, 0.5) is 28.8 Å². The second kappa shape index (κ2) is 11.0. The molecular weight excluding hydrogens is 530 g/mol. The minimum absolute atomic E-state index is 0.126. The number of benzene rings is 2. The van der Waals surface area contributed by atoms with Crippen LogP contribution < -0.4 is 20.1 Å². The number of hydrogen-bond donors (Lipinski definition) is 3. The van der Waals surface area contributed by atoms with Crippen LogP contribution >= 0.6 is 11.6 Å². The summed E-state index contributed by atoms with van der Waals surface area (Å²) < 4.78 is 33.3. The Balaban J connectivity index is 1.61. The summed E-state index contributed by atoms with van der Waals surface area (Å²) in [5.41, 5.74) is 2.63. The van der Waals surface area contributed by atoms with Crippen LogP contribution in [0.5, 0.6) is 5.75 Å². The SMILES string of the molecule is COc1cc(-n2cccc2C(=O)N(C)C)ccc1Nc1ncc(Cl)c(Nc2ccccc2NS(C)(=O)=O)n1. The van der Waals surface area contributed by atoms with Crippen molar-refractivity contribution in [1.29, 1.82) is 0 Å². The molecule has 198 valence electrons. The Morgan fingerprint density at radius 2 is 1.76 bits per heavy atom. The monoisotopic (exact) mass is 555 g/mol. The first-order valence-corrected chi connectivity index (χ1v) is 13.5. The topological polar surface area (TPSA) is 130 Å². The fourth-order valence-electron chi connectivity index (χ4n) is 3.59. The lowest BCUT2D eigenvalue weighted by molar-refractivity contribution is 0.0820. The molecule has 2 aromatic heterocycles. The third-order valence-corrected chi connectivity index (χ3v) is 6.17. The molecule has 0 unspecified atom stereocenters. The summed E-state index contributed by atoms with van der Waals surface area (Å²) in [6, 6.07) is 15.7. The third kappa shape index (κ3) is 6.15. The van der Waals surface area contributed by atoms with Crippen molar-refractivity contribution in [1.82, 2.24) is 19.4 Å². The summed E-state index contributed by atoms with van der Waals surface area (Å²) in [5, 5.41) is 6.40. The third-order valence-electron chi connectivity index (χ3n) is 5.30. The molecule has 13 heteroatoms. The number of amides is 1. The fraction of sp³-hybridized carbons (Fsp3) is 0.160. The van der Waals surface area contributed by atoms with E-state index in [1.807, 2.05) is 6.07 Å². The average molecular weight is 556 g/mol. The number of para-hydroxylation sites is 2. The lowest BCUT2D eigenvalue weighted by atomic mass is 10.2. The zero-order valence-corrected chi connectivity index (χ0v) is 22.6. The molecule has 0 bridgehead atoms. The zero-order chi connectivity index (χ0) is 27.4. The van der Waals surface area contributed by atoms with Crippen molar-refractivity contribution >= 4 is 56.4 Å². The number of methoxy groups -OCH3 is 1. The number of carbonyl (C=O) groups excluding carboxylic acids is 1. The van der Waals surface area contributed by atoms with Gasteiger partial charge < -0.3 is 24.8 Å². The predicted molar refractivity (Wildman–Crippen MR) is 149 cm³/mol. The molecule has 0 aliphatic rings. The smallest absolute Gasteiger partial charge is 0.270 e. The molecule has 0 spiro atoms. The maximum atomic E-state index is 12.5. The highest BCUT2D eigenvalue weighted by Gasteiger charge is 2.16. The Hall–Kier alpha value is -4.29. The first-order valence-electron chi connectivity index (χ1n) is 11.3. The molecule has 4 rings (SSSR count). The summed E-state index contributed by atoms with van der Waals surface area (Å²) in [7, 11) is 1.44. The number of sulfonamides is 1. The van der Waals surface area contributed by atoms with E-state index in [-0.39, 0.29) is 22.7 Å². The molecule has 0 saturated carbocycles. The van der Waals surface area contributed by atoms with E-state index in [0.29, 0.717) is 28.5 Å². The summed E-state index contributed by atoms with van der Waals surface area (Å²) in [6.45, 7) is 0. The van der Waals surface area contributed by atoms with Gasteiger partial charge in [-0.25, -0.2) is 13.4 Å². The Bertz CT molecular complexity index is 1590. The molecule has 0 aliphatic heterocycles. The normalized spacial score (nSPS) is 11.1. The van der Waals surface area contributed by atoms with Gasteiger partial charge in [0.05, 0.1) is 36.6 Å². The fourth-order valence-corrected chi connectivity index (χ4v) is 4.30. The van der Waals surface area contributed by atoms with Gasteiger partial charge in [-0.05, 0) is 36.4 Å². The summed E-state index contributed by atoms with van der Waals surface area (Å²) in [4.78, 5) is 22.7. The number of carbonyl (C=O) groups is 1. The van der Waals surface area contributed by atoms with Gasteiger partial charge in [-0.2, -0.15) is 4.98 Å². The maximum Gasteiger partial charge on any atom is 0.270 e. The summed E-state index contributed by atoms with van der Waals surface area (Å²) in [5.74, 6) is 0.858. The molecule has 0 radical (unpaired) electrons. The molecule has 0 saturated heterocycles. The van der Waals surface area contributed by atoms with Crippen molar-refractivity contribution in [3.05, 3.63) is 77.7 Å². The number of halogens is 1. The van der Waals surface area contributed by atoms with Crippen LogP contribution in [0, 0.1) is 0 Å². The van der Waals surface area contributed by atoms with E-state index in [4.69, 9.17) is 16.3 Å². The molecular formula is C25H26ClN7O4S. The molecule has 0 aliphatic carbocycles. The van der Waals surface area contributed by atoms with E-state index in [2.05, 4.69) is 25.3 Å². The van der Waals surface area contributed by atoms with Crippen LogP contribution in [-0.2, 0) is 10.0 Å². The van der Waals surface area contributed by atoms with Crippen molar-refractivity contribution in [3.8, 4) is 11.4 Å². The van der Waals surface area contributed by atoms with Crippen LogP contribution in [0.2, 0.25) is 5.02 Å². The van der Waals surface area contributed by atoms with E-state index >= 15 is 0 Å². The molecule has 0 atom stereocenters. The van der Waals surface area contributed by atoms with E-state index < -0.39 is 10.0 Å². The predicted octanol–water partition coefficient (Wildman–Crippen LogP) is 4.49. The van der Waals surface area contributed by atoms with Crippen molar-refractivity contribution < 1.29 is 17.9 Å². The average Bonchev–Trinajstić information content (AvgIpc) is 3.36. The molecule has 2 aromatic carbocycles. The molecule has 38 heavy (non-hydrogen) atoms. The first kappa shape index (κ1) is 26.8. The number of nitrogens with zero attached hydrogens (tertiary/aromatic N) is 4. The maximum absolute atomic E-state index is 12.5. The van der Waals surface area contributed by atoms with Gasteiger partial charge in [-0.15, -0.1) is 0 Å². The standard InChI is InChI=1S/C25H26ClN7O4S/c1-32(2)24(34)21-10-7-13-33(21)16-11-12-20(22(14-16)37-3)29-25-27-15-17(26)23(30-25)28-18-8-5-6-9-19(18)31-38(4,35)36/h5-15,31H,1-4H3,(H2,27,28,29,30). The second-order valence-corrected chi connectivity index (χ2v) is 10.6. The lowest BCUT2D eigenvalue weighted by Crippen LogP contribution is -2.24. The Labute approximate surface area is 225 Å². The Morgan fingerprint density at radius 3 is 2.45 bits per heavy atom. The number of nitrogens with one attached hydrogen (secondary N) is 3. The second-order valence-electron chi connectivity index (χ2n) is 8.41. The Kier molecular flexibility index (Phi) is 7.74. The first-order chi connectivity index (χ1) is 18.1. The highest BCUT2D eigenvalue weighted by molar-refractivity contribution is 7.92. The number of rotatable bonds is 9. The largest absolute Gasteiger partial charge is 0.494 e. The number of anilines is 5. The van der Waals surface area contributed by atoms with Gasteiger partial charge in [0.25, 0.3) is 5.91 Å². The molecule has 11 nitrogen and oxygen atoms in total. The minimum atomic E-state index is -3.50. The van der Waals surface area contributed by atoms with Crippen molar-refractivity contribution in [3.63, 3.8) is 0 Å². The van der Waals surface area contributed by atoms with Crippen LogP contribution in [0.25, 0.3) is 5.69 Å². The van der Waals surface area contributed by atoms with Crippen molar-refractivity contribution in [2.45, 2.75) is 0 Å². The van der Waals surface area contributed by atoms with Gasteiger partial charge in [0.15, 0.2) is 5.82 Å². The number of aromatic nitrogens is 3. The van der Waals surface area contributed by atoms with Gasteiger partial charge in [-0.3, -0.25) is 9.52 Å². The van der Waals surface area contributed by atoms with Gasteiger partial charge in [0.1, 0.15) is 16.5 Å². The highest BCUT2D eigenvalue weighted by atomic mass is 35.5. The molecule has 1 amide bonds. The number of ether oxygens (including phenoxy) is 1. The van der Waals surface area contributed by atoms with E-state index in [0.717, 1.165) is 11.9 Å². The van der Waals surface area contributed by atoms with Gasteiger partial charge in [0, 0.05) is 32.0 Å². The molecule has 4 aromatic rings. The minimum Gasteiger partial charge on any atom is -0.494 e. The number of hydrogen-bond acceptors (Lipinski definition) is 8. The van der Waals surface area contributed by atoms with Crippen LogP contribution in [-0.4, -0.2) is 61.2 Å². The van der Waals surface area contributed by atoms with E-state index in [9.17, 15) is 13.2 Å². The van der Waals surface area contributed by atoms with Gasteiger partial charge in [0.2, 0.25) is 16.0 Å². The van der Waals surface area contributed by atoms with Crippen molar-refractivity contribution in [2.75, 3.05) is 42.8 Å². The summed E-state index contributed by atoms with van der Waals surface area (Å²) in [6.07, 6.45) is 4.29. The summed E-state index contributed by atoms with van der Waals surface area (Å²) >= 11 is 6.32. The zero-order valence-electron chi connectivity index (χ0n) is 21.1. The van der Waals surface area contributed by atoms with Crippen LogP contribution in [0.1, 0.15) is 10.5 Å². The van der Waals surface area contributed by atoms with Crippen molar-refractivity contribution in [2.24, 2.45) is 0 Å². The molecule has 3 N–H and O–H groups in total. The van der Waals surface area contributed by atoms with Gasteiger partial charge in [-0.1, -0.05) is 23.7 Å². The Morgan fingerprint density at radius 1 is 1.03 bits per heavy atom. The quantitative estimate of drug-likeness (QED) is 0.275. The highest BCUT2D eigenvalue weighted by Crippen LogP contribution is 2.32. The molecule has 0 fully saturated rings. The van der Waals surface area contributed by atoms with E-state index in [1.165, 1.54) is 18.2 Å². The van der Waals surface area contributed by atoms with Crippen LogP contribution in [0.3, 0.4) is 0 Å². The lowest BCUT2D eigenvalue weighted by Gasteiger charge is -2.16. The molecule has 2 heterocycles. The van der Waals surface area contributed by atoms with Crippen LogP contribution in [0.15, 0.2) is 67.0 Å².